The van der Waals surface area contributed by atoms with E-state index in [0.29, 0.717) is 30.9 Å². The molecule has 1 aliphatic rings. The number of aliphatic hydroxyl groups is 1. The third kappa shape index (κ3) is 3.38. The van der Waals surface area contributed by atoms with Crippen molar-refractivity contribution in [3.63, 3.8) is 0 Å². The van der Waals surface area contributed by atoms with Crippen molar-refractivity contribution in [3.8, 4) is 0 Å². The molecule has 1 unspecified atom stereocenters. The Hall–Kier alpha value is -1.69. The van der Waals surface area contributed by atoms with Gasteiger partial charge >= 0.3 is 6.18 Å². The van der Waals surface area contributed by atoms with Gasteiger partial charge in [0.1, 0.15) is 0 Å². The molecule has 3 nitrogen and oxygen atoms in total. The molecule has 2 atom stereocenters. The molecule has 2 rings (SSSR count). The standard InChI is InChI=1S/C16H20F3NO2/c1-10-8-13(16(17,18)19)4-5-14(10)20(12(3)21)15-6-7-22-9-11(15)2/h4-5,8,11,15,21H,3,6-7,9H2,1-2H3/t11-,15?/m0/s1. The number of rotatable bonds is 3. The average Bonchev–Trinajstić information content (AvgIpc) is 2.41. The number of nitrogens with zero attached hydrogens (tertiary/aromatic N) is 1. The van der Waals surface area contributed by atoms with Crippen molar-refractivity contribution in [3.05, 3.63) is 41.8 Å². The topological polar surface area (TPSA) is 32.7 Å². The van der Waals surface area contributed by atoms with Gasteiger partial charge in [0, 0.05) is 24.3 Å². The van der Waals surface area contributed by atoms with Gasteiger partial charge in [-0.25, -0.2) is 0 Å². The zero-order chi connectivity index (χ0) is 16.5. The first-order valence-corrected chi connectivity index (χ1v) is 7.14. The predicted molar refractivity (Wildman–Crippen MR) is 78.8 cm³/mol. The fourth-order valence-corrected chi connectivity index (χ4v) is 2.86. The van der Waals surface area contributed by atoms with Crippen molar-refractivity contribution in [2.45, 2.75) is 32.5 Å². The van der Waals surface area contributed by atoms with Gasteiger partial charge in [-0.15, -0.1) is 0 Å². The van der Waals surface area contributed by atoms with Gasteiger partial charge in [0.15, 0.2) is 5.88 Å². The average molecular weight is 315 g/mol. The summed E-state index contributed by atoms with van der Waals surface area (Å²) in [6.45, 7) is 8.26. The summed E-state index contributed by atoms with van der Waals surface area (Å²) in [5, 5.41) is 9.96. The summed E-state index contributed by atoms with van der Waals surface area (Å²) < 4.78 is 43.7. The Morgan fingerprint density at radius 1 is 1.41 bits per heavy atom. The summed E-state index contributed by atoms with van der Waals surface area (Å²) in [5.74, 6) is -0.0269. The van der Waals surface area contributed by atoms with Gasteiger partial charge in [-0.1, -0.05) is 6.92 Å². The molecule has 0 aliphatic carbocycles. The zero-order valence-corrected chi connectivity index (χ0v) is 12.7. The van der Waals surface area contributed by atoms with Crippen LogP contribution in [0.3, 0.4) is 0 Å². The summed E-state index contributed by atoms with van der Waals surface area (Å²) in [6.07, 6.45) is -3.70. The summed E-state index contributed by atoms with van der Waals surface area (Å²) >= 11 is 0. The third-order valence-electron chi connectivity index (χ3n) is 3.99. The second-order valence-electron chi connectivity index (χ2n) is 5.69. The Morgan fingerprint density at radius 3 is 2.59 bits per heavy atom. The van der Waals surface area contributed by atoms with Gasteiger partial charge in [0.2, 0.25) is 0 Å². The fourth-order valence-electron chi connectivity index (χ4n) is 2.86. The number of hydrogen-bond donors (Lipinski definition) is 1. The van der Waals surface area contributed by atoms with Crippen molar-refractivity contribution < 1.29 is 23.0 Å². The van der Waals surface area contributed by atoms with Crippen LogP contribution in [0.25, 0.3) is 0 Å². The van der Waals surface area contributed by atoms with E-state index in [0.717, 1.165) is 12.1 Å². The first kappa shape index (κ1) is 16.7. The molecule has 1 saturated heterocycles. The van der Waals surface area contributed by atoms with Crippen molar-refractivity contribution in [1.82, 2.24) is 0 Å². The number of alkyl halides is 3. The van der Waals surface area contributed by atoms with Gasteiger partial charge in [0.05, 0.1) is 12.2 Å². The highest BCUT2D eigenvalue weighted by molar-refractivity contribution is 5.58. The molecule has 0 bridgehead atoms. The number of aryl methyl sites for hydroxylation is 1. The van der Waals surface area contributed by atoms with Gasteiger partial charge in [-0.05, 0) is 43.7 Å². The first-order valence-electron chi connectivity index (χ1n) is 7.14. The van der Waals surface area contributed by atoms with E-state index < -0.39 is 11.7 Å². The number of hydrogen-bond acceptors (Lipinski definition) is 3. The second-order valence-corrected chi connectivity index (χ2v) is 5.69. The van der Waals surface area contributed by atoms with E-state index in [1.165, 1.54) is 6.07 Å². The molecule has 1 aromatic rings. The van der Waals surface area contributed by atoms with E-state index in [2.05, 4.69) is 6.58 Å². The summed E-state index contributed by atoms with van der Waals surface area (Å²) in [4.78, 5) is 1.61. The van der Waals surface area contributed by atoms with Crippen LogP contribution in [0, 0.1) is 12.8 Å². The third-order valence-corrected chi connectivity index (χ3v) is 3.99. The van der Waals surface area contributed by atoms with Crippen molar-refractivity contribution >= 4 is 5.69 Å². The largest absolute Gasteiger partial charge is 0.495 e. The number of ether oxygens (including phenoxy) is 1. The lowest BCUT2D eigenvalue weighted by Gasteiger charge is -2.39. The normalized spacial score (nSPS) is 22.4. The van der Waals surface area contributed by atoms with Crippen LogP contribution in [-0.4, -0.2) is 24.4 Å². The van der Waals surface area contributed by atoms with Gasteiger partial charge in [-0.2, -0.15) is 13.2 Å². The van der Waals surface area contributed by atoms with Crippen LogP contribution >= 0.6 is 0 Å². The first-order chi connectivity index (χ1) is 10.2. The quantitative estimate of drug-likeness (QED) is 0.845. The summed E-state index contributed by atoms with van der Waals surface area (Å²) in [7, 11) is 0. The van der Waals surface area contributed by atoms with Crippen LogP contribution in [0.4, 0.5) is 18.9 Å². The van der Waals surface area contributed by atoms with Crippen molar-refractivity contribution in [2.24, 2.45) is 5.92 Å². The van der Waals surface area contributed by atoms with Crippen LogP contribution in [0.5, 0.6) is 0 Å². The number of aliphatic hydroxyl groups excluding tert-OH is 1. The van der Waals surface area contributed by atoms with Crippen LogP contribution < -0.4 is 4.90 Å². The maximum Gasteiger partial charge on any atom is 0.416 e. The van der Waals surface area contributed by atoms with Crippen molar-refractivity contribution in [1.29, 1.82) is 0 Å². The van der Waals surface area contributed by atoms with E-state index in [1.54, 1.807) is 11.8 Å². The smallest absolute Gasteiger partial charge is 0.416 e. The fraction of sp³-hybridized carbons (Fsp3) is 0.500. The lowest BCUT2D eigenvalue weighted by Crippen LogP contribution is -2.44. The zero-order valence-electron chi connectivity index (χ0n) is 12.7. The molecule has 0 saturated carbocycles. The molecule has 6 heteroatoms. The molecule has 1 fully saturated rings. The molecule has 122 valence electrons. The molecule has 1 aromatic carbocycles. The number of halogens is 3. The SMILES string of the molecule is C=C(O)N(c1ccc(C(F)(F)F)cc1C)C1CCOC[C@@H]1C. The monoisotopic (exact) mass is 315 g/mol. The predicted octanol–water partition coefficient (Wildman–Crippen LogP) is 4.27. The maximum atomic E-state index is 12.8. The lowest BCUT2D eigenvalue weighted by atomic mass is 9.94. The highest BCUT2D eigenvalue weighted by atomic mass is 19.4. The van der Waals surface area contributed by atoms with Crippen LogP contribution in [0.2, 0.25) is 0 Å². The second kappa shape index (κ2) is 6.20. The highest BCUT2D eigenvalue weighted by Crippen LogP contribution is 2.35. The minimum Gasteiger partial charge on any atom is -0.495 e. The molecular weight excluding hydrogens is 295 g/mol. The molecule has 1 heterocycles. The minimum atomic E-state index is -4.38. The Balaban J connectivity index is 2.39. The maximum absolute atomic E-state index is 12.8. The number of benzene rings is 1. The molecule has 0 spiro atoms. The molecule has 0 amide bonds. The lowest BCUT2D eigenvalue weighted by molar-refractivity contribution is -0.137. The van der Waals surface area contributed by atoms with Crippen molar-refractivity contribution in [2.75, 3.05) is 18.1 Å². The molecule has 1 aliphatic heterocycles. The summed E-state index contributed by atoms with van der Waals surface area (Å²) in [5.41, 5.74) is 0.292. The van der Waals surface area contributed by atoms with Crippen LogP contribution in [0.15, 0.2) is 30.7 Å². The van der Waals surface area contributed by atoms with Crippen LogP contribution in [-0.2, 0) is 10.9 Å². The Kier molecular flexibility index (Phi) is 4.70. The number of anilines is 1. The van der Waals surface area contributed by atoms with E-state index in [1.807, 2.05) is 6.92 Å². The Bertz CT molecular complexity index is 557. The molecule has 22 heavy (non-hydrogen) atoms. The molecule has 1 N–H and O–H groups in total. The van der Waals surface area contributed by atoms with Gasteiger partial charge in [0.25, 0.3) is 0 Å². The Morgan fingerprint density at radius 2 is 2.09 bits per heavy atom. The van der Waals surface area contributed by atoms with Gasteiger partial charge < -0.3 is 14.7 Å². The van der Waals surface area contributed by atoms with E-state index in [4.69, 9.17) is 4.74 Å². The molecule has 0 radical (unpaired) electrons. The van der Waals surface area contributed by atoms with E-state index in [-0.39, 0.29) is 17.8 Å². The van der Waals surface area contributed by atoms with E-state index in [9.17, 15) is 18.3 Å². The molecular formula is C16H20F3NO2. The minimum absolute atomic E-state index is 0.0540. The Labute approximate surface area is 128 Å². The highest BCUT2D eigenvalue weighted by Gasteiger charge is 2.33. The van der Waals surface area contributed by atoms with Gasteiger partial charge in [-0.3, -0.25) is 0 Å². The van der Waals surface area contributed by atoms with Crippen LogP contribution in [0.1, 0.15) is 24.5 Å². The molecule has 0 aromatic heterocycles. The van der Waals surface area contributed by atoms with E-state index >= 15 is 0 Å². The summed E-state index contributed by atoms with van der Waals surface area (Å²) in [6, 6.07) is 3.46.